The molecule has 32 heavy (non-hydrogen) atoms. The SMILES string of the molecule is COc1ccccc1-n1nnnc1SCC(=O)N1CCC[C@@H]1c1ccc2c(c1)OCCO2. The molecule has 0 radical (unpaired) electrons. The molecule has 5 rings (SSSR count). The van der Waals surface area contributed by atoms with Gasteiger partial charge in [0, 0.05) is 6.54 Å². The van der Waals surface area contributed by atoms with Gasteiger partial charge >= 0.3 is 0 Å². The molecule has 10 heteroatoms. The maximum atomic E-state index is 13.1. The Kier molecular flexibility index (Phi) is 5.85. The average Bonchev–Trinajstić information content (AvgIpc) is 3.52. The van der Waals surface area contributed by atoms with E-state index in [1.807, 2.05) is 47.4 Å². The van der Waals surface area contributed by atoms with E-state index in [-0.39, 0.29) is 17.7 Å². The molecule has 0 bridgehead atoms. The molecular formula is C22H23N5O4S. The number of tetrazole rings is 1. The Morgan fingerprint density at radius 3 is 2.91 bits per heavy atom. The number of carbonyl (C=O) groups excluding carboxylic acids is 1. The molecule has 2 aromatic carbocycles. The number of carbonyl (C=O) groups is 1. The zero-order valence-electron chi connectivity index (χ0n) is 17.6. The minimum absolute atomic E-state index is 0.0316. The number of fused-ring (bicyclic) bond motifs is 1. The number of rotatable bonds is 6. The molecule has 0 N–H and O–H groups in total. The highest BCUT2D eigenvalue weighted by atomic mass is 32.2. The third kappa shape index (κ3) is 3.97. The van der Waals surface area contributed by atoms with Crippen molar-refractivity contribution in [3.8, 4) is 22.9 Å². The minimum Gasteiger partial charge on any atom is -0.494 e. The zero-order chi connectivity index (χ0) is 21.9. The second-order valence-electron chi connectivity index (χ2n) is 7.48. The van der Waals surface area contributed by atoms with Crippen LogP contribution in [0.4, 0.5) is 0 Å². The van der Waals surface area contributed by atoms with Crippen molar-refractivity contribution in [1.29, 1.82) is 0 Å². The standard InChI is InChI=1S/C22H23N5O4S/c1-29-18-7-3-2-5-17(18)27-22(23-24-25-27)32-14-21(28)26-10-4-6-16(26)15-8-9-19-20(13-15)31-12-11-30-19/h2-3,5,7-9,13,16H,4,6,10-12,14H2,1H3/t16-/m1/s1. The van der Waals surface area contributed by atoms with Crippen molar-refractivity contribution in [2.24, 2.45) is 0 Å². The van der Waals surface area contributed by atoms with Crippen LogP contribution in [-0.4, -0.2) is 63.6 Å². The predicted molar refractivity (Wildman–Crippen MR) is 118 cm³/mol. The van der Waals surface area contributed by atoms with E-state index in [9.17, 15) is 4.79 Å². The summed E-state index contributed by atoms with van der Waals surface area (Å²) in [5.41, 5.74) is 1.80. The lowest BCUT2D eigenvalue weighted by atomic mass is 10.0. The predicted octanol–water partition coefficient (Wildman–Crippen LogP) is 2.90. The molecule has 1 saturated heterocycles. The van der Waals surface area contributed by atoms with E-state index in [1.165, 1.54) is 11.8 Å². The van der Waals surface area contributed by atoms with Crippen LogP contribution in [-0.2, 0) is 4.79 Å². The summed E-state index contributed by atoms with van der Waals surface area (Å²) in [6.45, 7) is 1.84. The topological polar surface area (TPSA) is 91.6 Å². The Hall–Kier alpha value is -3.27. The number of para-hydroxylation sites is 2. The number of nitrogens with zero attached hydrogens (tertiary/aromatic N) is 5. The van der Waals surface area contributed by atoms with Crippen LogP contribution in [0, 0.1) is 0 Å². The lowest BCUT2D eigenvalue weighted by Gasteiger charge is -2.26. The number of hydrogen-bond donors (Lipinski definition) is 0. The summed E-state index contributed by atoms with van der Waals surface area (Å²) < 4.78 is 18.4. The summed E-state index contributed by atoms with van der Waals surface area (Å²) in [6, 6.07) is 13.5. The van der Waals surface area contributed by atoms with E-state index in [4.69, 9.17) is 14.2 Å². The van der Waals surface area contributed by atoms with Gasteiger partial charge in [0.05, 0.1) is 18.9 Å². The fraction of sp³-hybridized carbons (Fsp3) is 0.364. The van der Waals surface area contributed by atoms with Crippen molar-refractivity contribution in [3.63, 3.8) is 0 Å². The van der Waals surface area contributed by atoms with Gasteiger partial charge in [-0.05, 0) is 53.1 Å². The van der Waals surface area contributed by atoms with Crippen molar-refractivity contribution in [2.75, 3.05) is 32.6 Å². The number of thioether (sulfide) groups is 1. The average molecular weight is 454 g/mol. The Labute approximate surface area is 189 Å². The van der Waals surface area contributed by atoms with Gasteiger partial charge in [-0.15, -0.1) is 5.10 Å². The highest BCUT2D eigenvalue weighted by Crippen LogP contribution is 2.38. The first-order valence-electron chi connectivity index (χ1n) is 10.5. The number of hydrogen-bond acceptors (Lipinski definition) is 8. The van der Waals surface area contributed by atoms with Crippen LogP contribution in [0.2, 0.25) is 0 Å². The molecule has 0 aliphatic carbocycles. The summed E-state index contributed by atoms with van der Waals surface area (Å²) in [5, 5.41) is 12.5. The lowest BCUT2D eigenvalue weighted by molar-refractivity contribution is -0.129. The number of ether oxygens (including phenoxy) is 3. The van der Waals surface area contributed by atoms with Crippen molar-refractivity contribution >= 4 is 17.7 Å². The molecule has 166 valence electrons. The van der Waals surface area contributed by atoms with Crippen LogP contribution in [0.5, 0.6) is 17.2 Å². The van der Waals surface area contributed by atoms with Crippen molar-refractivity contribution in [2.45, 2.75) is 24.0 Å². The molecule has 9 nitrogen and oxygen atoms in total. The number of likely N-dealkylation sites (tertiary alicyclic amines) is 1. The second kappa shape index (κ2) is 9.07. The Morgan fingerprint density at radius 1 is 1.19 bits per heavy atom. The van der Waals surface area contributed by atoms with Gasteiger partial charge in [0.2, 0.25) is 11.1 Å². The van der Waals surface area contributed by atoms with Gasteiger partial charge in [-0.25, -0.2) is 0 Å². The summed E-state index contributed by atoms with van der Waals surface area (Å²) in [4.78, 5) is 15.1. The first-order valence-corrected chi connectivity index (χ1v) is 11.5. The Bertz CT molecular complexity index is 1120. The van der Waals surface area contributed by atoms with Crippen molar-refractivity contribution in [1.82, 2.24) is 25.1 Å². The smallest absolute Gasteiger partial charge is 0.233 e. The van der Waals surface area contributed by atoms with Crippen LogP contribution < -0.4 is 14.2 Å². The van der Waals surface area contributed by atoms with Gasteiger partial charge in [-0.3, -0.25) is 4.79 Å². The molecule has 3 heterocycles. The fourth-order valence-electron chi connectivity index (χ4n) is 4.11. The van der Waals surface area contributed by atoms with E-state index in [0.29, 0.717) is 24.1 Å². The molecule has 0 saturated carbocycles. The zero-order valence-corrected chi connectivity index (χ0v) is 18.5. The van der Waals surface area contributed by atoms with Crippen LogP contribution in [0.25, 0.3) is 5.69 Å². The Morgan fingerprint density at radius 2 is 2.03 bits per heavy atom. The van der Waals surface area contributed by atoms with Gasteiger partial charge in [-0.2, -0.15) is 4.68 Å². The van der Waals surface area contributed by atoms with Crippen LogP contribution in [0.15, 0.2) is 47.6 Å². The number of aromatic nitrogens is 4. The van der Waals surface area contributed by atoms with Crippen LogP contribution in [0.3, 0.4) is 0 Å². The lowest BCUT2D eigenvalue weighted by Crippen LogP contribution is -2.32. The van der Waals surface area contributed by atoms with Crippen LogP contribution >= 0.6 is 11.8 Å². The number of benzene rings is 2. The van der Waals surface area contributed by atoms with E-state index in [1.54, 1.807) is 11.8 Å². The van der Waals surface area contributed by atoms with Crippen LogP contribution in [0.1, 0.15) is 24.4 Å². The first kappa shape index (κ1) is 20.6. The van der Waals surface area contributed by atoms with Gasteiger partial charge < -0.3 is 19.1 Å². The number of amides is 1. The summed E-state index contributed by atoms with van der Waals surface area (Å²) in [6.07, 6.45) is 1.89. The van der Waals surface area contributed by atoms with E-state index < -0.39 is 0 Å². The molecular weight excluding hydrogens is 430 g/mol. The highest BCUT2D eigenvalue weighted by molar-refractivity contribution is 7.99. The van der Waals surface area contributed by atoms with Gasteiger partial charge in [-0.1, -0.05) is 30.0 Å². The molecule has 2 aliphatic heterocycles. The summed E-state index contributed by atoms with van der Waals surface area (Å²) in [7, 11) is 1.60. The van der Waals surface area contributed by atoms with E-state index in [2.05, 4.69) is 15.5 Å². The minimum atomic E-state index is 0.0316. The monoisotopic (exact) mass is 453 g/mol. The molecule has 0 unspecified atom stereocenters. The van der Waals surface area contributed by atoms with Gasteiger partial charge in [0.25, 0.3) is 0 Å². The highest BCUT2D eigenvalue weighted by Gasteiger charge is 2.31. The molecule has 2 aliphatic rings. The maximum absolute atomic E-state index is 13.1. The summed E-state index contributed by atoms with van der Waals surface area (Å²) >= 11 is 1.32. The molecule has 1 fully saturated rings. The van der Waals surface area contributed by atoms with E-state index in [0.717, 1.165) is 42.1 Å². The molecule has 1 amide bonds. The summed E-state index contributed by atoms with van der Waals surface area (Å²) in [5.74, 6) is 2.47. The quantitative estimate of drug-likeness (QED) is 0.526. The third-order valence-electron chi connectivity index (χ3n) is 5.60. The molecule has 3 aromatic rings. The van der Waals surface area contributed by atoms with Gasteiger partial charge in [0.1, 0.15) is 24.7 Å². The second-order valence-corrected chi connectivity index (χ2v) is 8.42. The molecule has 0 spiro atoms. The van der Waals surface area contributed by atoms with E-state index >= 15 is 0 Å². The maximum Gasteiger partial charge on any atom is 0.233 e. The molecule has 1 aromatic heterocycles. The largest absolute Gasteiger partial charge is 0.494 e. The fourth-order valence-corrected chi connectivity index (χ4v) is 4.88. The first-order chi connectivity index (χ1) is 15.7. The van der Waals surface area contributed by atoms with Crippen molar-refractivity contribution in [3.05, 3.63) is 48.0 Å². The normalized spacial score (nSPS) is 17.4. The number of methoxy groups -OCH3 is 1. The van der Waals surface area contributed by atoms with Gasteiger partial charge in [0.15, 0.2) is 11.5 Å². The van der Waals surface area contributed by atoms with Crippen molar-refractivity contribution < 1.29 is 19.0 Å². The molecule has 1 atom stereocenters. The third-order valence-corrected chi connectivity index (χ3v) is 6.51. The Balaban J connectivity index is 1.29.